The summed E-state index contributed by atoms with van der Waals surface area (Å²) >= 11 is 1.60. The third kappa shape index (κ3) is 2.97. The van der Waals surface area contributed by atoms with Crippen LogP contribution in [0.3, 0.4) is 0 Å². The first-order valence-corrected chi connectivity index (χ1v) is 6.82. The number of esters is 1. The summed E-state index contributed by atoms with van der Waals surface area (Å²) in [5, 5.41) is 2.95. The van der Waals surface area contributed by atoms with Crippen LogP contribution in [0.2, 0.25) is 0 Å². The van der Waals surface area contributed by atoms with Crippen LogP contribution in [0.5, 0.6) is 0 Å². The number of carbonyl (C=O) groups is 1. The van der Waals surface area contributed by atoms with Crippen molar-refractivity contribution >= 4 is 22.4 Å². The summed E-state index contributed by atoms with van der Waals surface area (Å²) in [7, 11) is 3.50. The highest BCUT2D eigenvalue weighted by Crippen LogP contribution is 2.29. The number of ether oxygens (including phenoxy) is 1. The topological polar surface area (TPSA) is 42.4 Å². The lowest BCUT2D eigenvalue weighted by molar-refractivity contribution is -0.139. The fourth-order valence-electron chi connectivity index (χ4n) is 2.21. The number of hydrogen-bond acceptors (Lipinski definition) is 5. The van der Waals surface area contributed by atoms with Crippen LogP contribution in [0.1, 0.15) is 31.4 Å². The molecule has 0 amide bonds. The Kier molecular flexibility index (Phi) is 3.99. The van der Waals surface area contributed by atoms with Crippen LogP contribution in [0.25, 0.3) is 0 Å². The van der Waals surface area contributed by atoms with Crippen LogP contribution in [-0.4, -0.2) is 31.2 Å². The minimum absolute atomic E-state index is 0.231. The molecule has 0 bridgehead atoms. The van der Waals surface area contributed by atoms with Gasteiger partial charge in [0.1, 0.15) is 0 Å². The zero-order valence-corrected chi connectivity index (χ0v) is 11.1. The van der Waals surface area contributed by atoms with Gasteiger partial charge in [0.25, 0.3) is 0 Å². The standard InChI is InChI=1S/C12H18N2O2S/c1-14(10-5-3-4-6-10)12-13-9(8-17-12)7-11(15)16-2/h8,10H,3-7H2,1-2H3. The highest BCUT2D eigenvalue weighted by molar-refractivity contribution is 7.13. The minimum Gasteiger partial charge on any atom is -0.469 e. The normalized spacial score (nSPS) is 16.1. The van der Waals surface area contributed by atoms with E-state index >= 15 is 0 Å². The maximum atomic E-state index is 11.1. The fourth-order valence-corrected chi connectivity index (χ4v) is 3.07. The van der Waals surface area contributed by atoms with Crippen molar-refractivity contribution < 1.29 is 9.53 Å². The van der Waals surface area contributed by atoms with Gasteiger partial charge in [-0.2, -0.15) is 0 Å². The SMILES string of the molecule is COC(=O)Cc1csc(N(C)C2CCCC2)n1. The third-order valence-electron chi connectivity index (χ3n) is 3.27. The molecule has 0 radical (unpaired) electrons. The lowest BCUT2D eigenvalue weighted by atomic mass is 10.2. The van der Waals surface area contributed by atoms with Crippen molar-refractivity contribution in [3.8, 4) is 0 Å². The van der Waals surface area contributed by atoms with E-state index in [1.807, 2.05) is 5.38 Å². The molecule has 5 heteroatoms. The summed E-state index contributed by atoms with van der Waals surface area (Å²) in [6, 6.07) is 0.618. The van der Waals surface area contributed by atoms with Gasteiger partial charge in [0, 0.05) is 18.5 Å². The first-order chi connectivity index (χ1) is 8.20. The molecule has 0 unspecified atom stereocenters. The quantitative estimate of drug-likeness (QED) is 0.773. The van der Waals surface area contributed by atoms with Gasteiger partial charge in [0.2, 0.25) is 0 Å². The second-order valence-corrected chi connectivity index (χ2v) is 5.26. The number of thiazole rings is 1. The van der Waals surface area contributed by atoms with Gasteiger partial charge in [-0.25, -0.2) is 4.98 Å². The van der Waals surface area contributed by atoms with Crippen molar-refractivity contribution in [2.75, 3.05) is 19.1 Å². The lowest BCUT2D eigenvalue weighted by Crippen LogP contribution is -2.28. The van der Waals surface area contributed by atoms with E-state index in [2.05, 4.69) is 21.7 Å². The molecule has 2 rings (SSSR count). The number of rotatable bonds is 4. The Morgan fingerprint density at radius 2 is 2.29 bits per heavy atom. The molecule has 17 heavy (non-hydrogen) atoms. The second-order valence-electron chi connectivity index (χ2n) is 4.42. The maximum Gasteiger partial charge on any atom is 0.311 e. The van der Waals surface area contributed by atoms with Gasteiger partial charge in [0.15, 0.2) is 5.13 Å². The monoisotopic (exact) mass is 254 g/mol. The summed E-state index contributed by atoms with van der Waals surface area (Å²) in [6.45, 7) is 0. The molecular weight excluding hydrogens is 236 g/mol. The molecule has 0 N–H and O–H groups in total. The zero-order valence-electron chi connectivity index (χ0n) is 10.3. The van der Waals surface area contributed by atoms with Crippen molar-refractivity contribution in [1.82, 2.24) is 4.98 Å². The van der Waals surface area contributed by atoms with Crippen molar-refractivity contribution in [1.29, 1.82) is 0 Å². The highest BCUT2D eigenvalue weighted by atomic mass is 32.1. The Morgan fingerprint density at radius 3 is 2.94 bits per heavy atom. The largest absolute Gasteiger partial charge is 0.469 e. The van der Waals surface area contributed by atoms with Crippen molar-refractivity contribution in [2.45, 2.75) is 38.1 Å². The molecule has 0 saturated heterocycles. The number of hydrogen-bond donors (Lipinski definition) is 0. The number of nitrogens with zero attached hydrogens (tertiary/aromatic N) is 2. The van der Waals surface area contributed by atoms with E-state index in [1.54, 1.807) is 11.3 Å². The van der Waals surface area contributed by atoms with E-state index < -0.39 is 0 Å². The molecule has 4 nitrogen and oxygen atoms in total. The Morgan fingerprint density at radius 1 is 1.59 bits per heavy atom. The van der Waals surface area contributed by atoms with E-state index in [9.17, 15) is 4.79 Å². The molecule has 0 atom stereocenters. The van der Waals surface area contributed by atoms with Crippen LogP contribution in [0.4, 0.5) is 5.13 Å². The third-order valence-corrected chi connectivity index (χ3v) is 4.25. The smallest absolute Gasteiger partial charge is 0.311 e. The molecule has 0 aromatic carbocycles. The average molecular weight is 254 g/mol. The molecule has 0 aliphatic heterocycles. The van der Waals surface area contributed by atoms with Crippen LogP contribution < -0.4 is 4.90 Å². The molecule has 1 aliphatic rings. The summed E-state index contributed by atoms with van der Waals surface area (Å²) in [4.78, 5) is 17.9. The van der Waals surface area contributed by atoms with Gasteiger partial charge in [-0.05, 0) is 12.8 Å². The van der Waals surface area contributed by atoms with Gasteiger partial charge in [-0.1, -0.05) is 12.8 Å². The number of carbonyl (C=O) groups excluding carboxylic acids is 1. The van der Waals surface area contributed by atoms with Crippen molar-refractivity contribution in [2.24, 2.45) is 0 Å². The van der Waals surface area contributed by atoms with E-state index in [-0.39, 0.29) is 12.4 Å². The van der Waals surface area contributed by atoms with Crippen LogP contribution >= 0.6 is 11.3 Å². The van der Waals surface area contributed by atoms with E-state index in [0.717, 1.165) is 10.8 Å². The molecule has 1 aliphatic carbocycles. The van der Waals surface area contributed by atoms with Gasteiger partial charge in [0.05, 0.1) is 19.2 Å². The predicted molar refractivity (Wildman–Crippen MR) is 68.5 cm³/mol. The van der Waals surface area contributed by atoms with Crippen LogP contribution in [0, 0.1) is 0 Å². The van der Waals surface area contributed by atoms with Crippen LogP contribution in [0.15, 0.2) is 5.38 Å². The molecule has 1 heterocycles. The number of aromatic nitrogens is 1. The minimum atomic E-state index is -0.231. The molecule has 1 aromatic rings. The Labute approximate surface area is 106 Å². The highest BCUT2D eigenvalue weighted by Gasteiger charge is 2.21. The Hall–Kier alpha value is -1.10. The second kappa shape index (κ2) is 5.49. The lowest BCUT2D eigenvalue weighted by Gasteiger charge is -2.23. The summed E-state index contributed by atoms with van der Waals surface area (Å²) in [5.74, 6) is -0.231. The predicted octanol–water partition coefficient (Wildman–Crippen LogP) is 2.24. The van der Waals surface area contributed by atoms with E-state index in [0.29, 0.717) is 6.04 Å². The molecule has 0 spiro atoms. The first-order valence-electron chi connectivity index (χ1n) is 5.94. The number of methoxy groups -OCH3 is 1. The summed E-state index contributed by atoms with van der Waals surface area (Å²) < 4.78 is 4.64. The van der Waals surface area contributed by atoms with Crippen molar-refractivity contribution in [3.63, 3.8) is 0 Å². The van der Waals surface area contributed by atoms with E-state index in [4.69, 9.17) is 0 Å². The fraction of sp³-hybridized carbons (Fsp3) is 0.667. The Balaban J connectivity index is 1.99. The first kappa shape index (κ1) is 12.4. The molecule has 94 valence electrons. The zero-order chi connectivity index (χ0) is 12.3. The van der Waals surface area contributed by atoms with Gasteiger partial charge in [-0.15, -0.1) is 11.3 Å². The van der Waals surface area contributed by atoms with Gasteiger partial charge < -0.3 is 9.64 Å². The summed E-state index contributed by atoms with van der Waals surface area (Å²) in [5.41, 5.74) is 0.807. The van der Waals surface area contributed by atoms with Crippen LogP contribution in [-0.2, 0) is 16.0 Å². The van der Waals surface area contributed by atoms with Crippen molar-refractivity contribution in [3.05, 3.63) is 11.1 Å². The summed E-state index contributed by atoms with van der Waals surface area (Å²) in [6.07, 6.45) is 5.40. The van der Waals surface area contributed by atoms with Gasteiger partial charge >= 0.3 is 5.97 Å². The molecular formula is C12H18N2O2S. The molecule has 1 fully saturated rings. The average Bonchev–Trinajstić information content (AvgIpc) is 2.98. The van der Waals surface area contributed by atoms with E-state index in [1.165, 1.54) is 32.8 Å². The molecule has 1 saturated carbocycles. The number of anilines is 1. The van der Waals surface area contributed by atoms with Gasteiger partial charge in [-0.3, -0.25) is 4.79 Å². The maximum absolute atomic E-state index is 11.1. The Bertz CT molecular complexity index is 386. The molecule has 1 aromatic heterocycles.